The van der Waals surface area contributed by atoms with Gasteiger partial charge in [-0.15, -0.1) is 0 Å². The molecule has 3 aliphatic rings. The summed E-state index contributed by atoms with van der Waals surface area (Å²) in [6, 6.07) is 18.3. The lowest BCUT2D eigenvalue weighted by atomic mass is 9.76. The van der Waals surface area contributed by atoms with Gasteiger partial charge in [-0.05, 0) is 47.9 Å². The Morgan fingerprint density at radius 1 is 0.591 bits per heavy atom. The summed E-state index contributed by atoms with van der Waals surface area (Å²) in [4.78, 5) is 0. The van der Waals surface area contributed by atoms with E-state index in [9.17, 15) is 0 Å². The topological polar surface area (TPSA) is 12.0 Å². The molecule has 22 heavy (non-hydrogen) atoms. The Hall–Kier alpha value is -1.60. The van der Waals surface area contributed by atoms with E-state index in [0.717, 1.165) is 0 Å². The lowest BCUT2D eigenvalue weighted by molar-refractivity contribution is 0.241. The maximum absolute atomic E-state index is 4.19. The fourth-order valence-corrected chi connectivity index (χ4v) is 5.36. The molecule has 2 fully saturated rings. The molecule has 2 atom stereocenters. The Morgan fingerprint density at radius 3 is 1.64 bits per heavy atom. The van der Waals surface area contributed by atoms with Gasteiger partial charge in [-0.2, -0.15) is 0 Å². The predicted octanol–water partition coefficient (Wildman–Crippen LogP) is 5.11. The summed E-state index contributed by atoms with van der Waals surface area (Å²) in [6.07, 6.45) is 9.26. The summed E-state index contributed by atoms with van der Waals surface area (Å²) in [7, 11) is 0. The fourth-order valence-electron chi connectivity index (χ4n) is 5.36. The van der Waals surface area contributed by atoms with E-state index in [-0.39, 0.29) is 11.1 Å². The van der Waals surface area contributed by atoms with Crippen LogP contribution in [0, 0.1) is 0 Å². The molecule has 0 spiro atoms. The van der Waals surface area contributed by atoms with Crippen LogP contribution in [0.4, 0.5) is 0 Å². The number of fused-ring (bicyclic) bond motifs is 3. The van der Waals surface area contributed by atoms with Crippen molar-refractivity contribution in [2.24, 2.45) is 0 Å². The van der Waals surface area contributed by atoms with Crippen molar-refractivity contribution in [3.05, 3.63) is 59.7 Å². The van der Waals surface area contributed by atoms with E-state index in [1.165, 1.54) is 56.1 Å². The smallest absolute Gasteiger partial charge is 0.0448 e. The van der Waals surface area contributed by atoms with Crippen LogP contribution in [0.25, 0.3) is 11.1 Å². The first kappa shape index (κ1) is 12.9. The zero-order valence-electron chi connectivity index (χ0n) is 13.1. The first-order valence-electron chi connectivity index (χ1n) is 8.82. The maximum atomic E-state index is 4.19. The van der Waals surface area contributed by atoms with Crippen LogP contribution < -0.4 is 5.32 Å². The molecule has 0 aromatic heterocycles. The Balaban J connectivity index is 1.87. The molecule has 3 aliphatic heterocycles. The third kappa shape index (κ3) is 1.58. The highest BCUT2D eigenvalue weighted by Crippen LogP contribution is 2.56. The van der Waals surface area contributed by atoms with Gasteiger partial charge in [0.15, 0.2) is 0 Å². The second kappa shape index (κ2) is 4.45. The van der Waals surface area contributed by atoms with Crippen LogP contribution in [0.3, 0.4) is 0 Å². The van der Waals surface area contributed by atoms with E-state index in [0.29, 0.717) is 0 Å². The van der Waals surface area contributed by atoms with E-state index in [2.05, 4.69) is 53.8 Å². The summed E-state index contributed by atoms with van der Waals surface area (Å²) in [6.45, 7) is 0. The Kier molecular flexibility index (Phi) is 2.61. The van der Waals surface area contributed by atoms with Crippen molar-refractivity contribution in [1.82, 2.24) is 5.32 Å². The molecule has 0 amide bonds. The molecule has 2 aromatic carbocycles. The Morgan fingerprint density at radius 2 is 1.09 bits per heavy atom. The third-order valence-corrected chi connectivity index (χ3v) is 6.34. The predicted molar refractivity (Wildman–Crippen MR) is 90.7 cm³/mol. The number of nitrogens with one attached hydrogen (secondary N) is 1. The van der Waals surface area contributed by atoms with Gasteiger partial charge in [0.05, 0.1) is 0 Å². The molecular formula is C21H23N. The molecule has 2 unspecified atom stereocenters. The average Bonchev–Trinajstić information content (AvgIpc) is 2.92. The molecule has 1 N–H and O–H groups in total. The van der Waals surface area contributed by atoms with Gasteiger partial charge >= 0.3 is 0 Å². The van der Waals surface area contributed by atoms with Crippen molar-refractivity contribution in [3.8, 4) is 11.1 Å². The minimum absolute atomic E-state index is 0.204. The summed E-state index contributed by atoms with van der Waals surface area (Å²) >= 11 is 0. The monoisotopic (exact) mass is 289 g/mol. The molecule has 1 heteroatoms. The zero-order chi connectivity index (χ0) is 14.6. The number of hydrogen-bond acceptors (Lipinski definition) is 1. The van der Waals surface area contributed by atoms with Crippen molar-refractivity contribution < 1.29 is 0 Å². The van der Waals surface area contributed by atoms with E-state index in [1.807, 2.05) is 0 Å². The zero-order valence-corrected chi connectivity index (χ0v) is 13.1. The van der Waals surface area contributed by atoms with Gasteiger partial charge in [-0.1, -0.05) is 67.8 Å². The van der Waals surface area contributed by atoms with E-state index in [1.54, 1.807) is 11.1 Å². The van der Waals surface area contributed by atoms with Gasteiger partial charge in [0.2, 0.25) is 0 Å². The maximum Gasteiger partial charge on any atom is 0.0448 e. The van der Waals surface area contributed by atoms with Crippen molar-refractivity contribution in [1.29, 1.82) is 0 Å². The summed E-state index contributed by atoms with van der Waals surface area (Å²) in [5, 5.41) is 4.19. The van der Waals surface area contributed by atoms with Crippen LogP contribution in [0.15, 0.2) is 48.5 Å². The van der Waals surface area contributed by atoms with Crippen LogP contribution in [-0.2, 0) is 11.1 Å². The van der Waals surface area contributed by atoms with Gasteiger partial charge in [0, 0.05) is 11.1 Å². The van der Waals surface area contributed by atoms with E-state index >= 15 is 0 Å². The van der Waals surface area contributed by atoms with Gasteiger partial charge in [-0.25, -0.2) is 0 Å². The summed E-state index contributed by atoms with van der Waals surface area (Å²) < 4.78 is 0. The highest BCUT2D eigenvalue weighted by atomic mass is 15.1. The van der Waals surface area contributed by atoms with Crippen LogP contribution in [0.5, 0.6) is 0 Å². The van der Waals surface area contributed by atoms with Crippen molar-refractivity contribution in [3.63, 3.8) is 0 Å². The van der Waals surface area contributed by atoms with Crippen molar-refractivity contribution >= 4 is 0 Å². The van der Waals surface area contributed by atoms with Gasteiger partial charge in [-0.3, -0.25) is 5.32 Å². The SMILES string of the molecule is c1ccc2c(c1)-c1ccccc1C13CCCCCC2(CC1)N3. The van der Waals surface area contributed by atoms with Crippen LogP contribution in [-0.4, -0.2) is 0 Å². The molecule has 1 nitrogen and oxygen atoms in total. The minimum Gasteiger partial charge on any atom is -0.298 e. The Labute approximate surface area is 132 Å². The standard InChI is InChI=1S/C21H23N/c1-6-12-20-14-15-21(22-20,13-7-1)19-11-5-3-9-17(19)16-8-2-4-10-18(16)20/h2-5,8-11,22H,1,6-7,12-15H2. The fraction of sp³-hybridized carbons (Fsp3) is 0.429. The van der Waals surface area contributed by atoms with E-state index < -0.39 is 0 Å². The Bertz CT molecular complexity index is 673. The molecule has 5 rings (SSSR count). The average molecular weight is 289 g/mol. The lowest BCUT2D eigenvalue weighted by Crippen LogP contribution is -2.47. The summed E-state index contributed by atoms with van der Waals surface area (Å²) in [5.41, 5.74) is 6.43. The number of benzene rings is 2. The largest absolute Gasteiger partial charge is 0.298 e. The molecule has 0 saturated carbocycles. The van der Waals surface area contributed by atoms with Crippen LogP contribution in [0.2, 0.25) is 0 Å². The molecule has 2 bridgehead atoms. The van der Waals surface area contributed by atoms with Gasteiger partial charge < -0.3 is 0 Å². The van der Waals surface area contributed by atoms with Crippen molar-refractivity contribution in [2.45, 2.75) is 56.0 Å². The molecule has 2 aromatic rings. The van der Waals surface area contributed by atoms with Crippen LogP contribution >= 0.6 is 0 Å². The minimum atomic E-state index is 0.204. The normalized spacial score (nSPS) is 32.4. The van der Waals surface area contributed by atoms with Gasteiger partial charge in [0.1, 0.15) is 0 Å². The molecule has 0 aliphatic carbocycles. The molecule has 2 saturated heterocycles. The lowest BCUT2D eigenvalue weighted by Gasteiger charge is -2.37. The second-order valence-corrected chi connectivity index (χ2v) is 7.44. The van der Waals surface area contributed by atoms with Crippen molar-refractivity contribution in [2.75, 3.05) is 0 Å². The molecule has 112 valence electrons. The number of rotatable bonds is 0. The highest BCUT2D eigenvalue weighted by Gasteiger charge is 2.52. The summed E-state index contributed by atoms with van der Waals surface area (Å²) in [5.74, 6) is 0. The molecule has 0 radical (unpaired) electrons. The first-order valence-corrected chi connectivity index (χ1v) is 8.82. The number of hydrogen-bond donors (Lipinski definition) is 1. The molecular weight excluding hydrogens is 266 g/mol. The van der Waals surface area contributed by atoms with Gasteiger partial charge in [0.25, 0.3) is 0 Å². The highest BCUT2D eigenvalue weighted by molar-refractivity contribution is 5.75. The first-order chi connectivity index (χ1) is 10.8. The third-order valence-electron chi connectivity index (χ3n) is 6.34. The van der Waals surface area contributed by atoms with Crippen LogP contribution in [0.1, 0.15) is 56.1 Å². The quantitative estimate of drug-likeness (QED) is 0.711. The second-order valence-electron chi connectivity index (χ2n) is 7.44. The molecule has 3 heterocycles. The van der Waals surface area contributed by atoms with E-state index in [4.69, 9.17) is 0 Å².